The number of amidine groups is 1. The quantitative estimate of drug-likeness (QED) is 0.937. The van der Waals surface area contributed by atoms with Crippen LogP contribution in [0.1, 0.15) is 28.8 Å². The predicted molar refractivity (Wildman–Crippen MR) is 82.7 cm³/mol. The van der Waals surface area contributed by atoms with E-state index < -0.39 is 0 Å². The number of rotatable bonds is 3. The Kier molecular flexibility index (Phi) is 3.84. The Morgan fingerprint density at radius 2 is 2.16 bits per heavy atom. The van der Waals surface area contributed by atoms with Gasteiger partial charge in [-0.15, -0.1) is 11.3 Å². The molecular weight excluding hydrogens is 274 g/mol. The van der Waals surface area contributed by atoms with Gasteiger partial charge in [0.1, 0.15) is 5.01 Å². The second kappa shape index (κ2) is 5.75. The Bertz CT molecular complexity index is 551. The molecule has 2 heterocycles. The summed E-state index contributed by atoms with van der Waals surface area (Å²) in [5.41, 5.74) is 1.34. The van der Waals surface area contributed by atoms with Crippen LogP contribution in [0.15, 0.2) is 46.9 Å². The first kappa shape index (κ1) is 12.7. The van der Waals surface area contributed by atoms with Crippen LogP contribution in [0.4, 0.5) is 0 Å². The van der Waals surface area contributed by atoms with Crippen LogP contribution in [-0.4, -0.2) is 16.7 Å². The molecule has 0 saturated carbocycles. The van der Waals surface area contributed by atoms with Crippen LogP contribution in [0.5, 0.6) is 0 Å². The second-order valence-corrected chi connectivity index (χ2v) is 6.52. The van der Waals surface area contributed by atoms with Crippen molar-refractivity contribution in [3.8, 4) is 0 Å². The number of hydrogen-bond acceptors (Lipinski definition) is 5. The molecule has 0 radical (unpaired) electrons. The Hall–Kier alpha value is -1.33. The molecule has 3 rings (SSSR count). The lowest BCUT2D eigenvalue weighted by atomic mass is 10.1. The van der Waals surface area contributed by atoms with Gasteiger partial charge in [-0.3, -0.25) is 4.99 Å². The topological polar surface area (TPSA) is 37.3 Å². The van der Waals surface area contributed by atoms with E-state index in [9.17, 15) is 0 Å². The first-order chi connectivity index (χ1) is 9.33. The molecule has 2 aromatic rings. The fourth-order valence-electron chi connectivity index (χ4n) is 1.99. The molecular formula is C14H15N3S2. The minimum absolute atomic E-state index is 0.223. The normalized spacial score (nSPS) is 20.1. The molecule has 0 spiro atoms. The van der Waals surface area contributed by atoms with Crippen LogP contribution >= 0.6 is 23.1 Å². The highest BCUT2D eigenvalue weighted by Crippen LogP contribution is 2.35. The molecule has 0 bridgehead atoms. The molecule has 5 heteroatoms. The van der Waals surface area contributed by atoms with Gasteiger partial charge in [0.15, 0.2) is 5.17 Å². The first-order valence-corrected chi connectivity index (χ1v) is 8.01. The summed E-state index contributed by atoms with van der Waals surface area (Å²) < 4.78 is 0. The van der Waals surface area contributed by atoms with Crippen molar-refractivity contribution in [1.82, 2.24) is 10.3 Å². The van der Waals surface area contributed by atoms with Gasteiger partial charge in [-0.05, 0) is 12.5 Å². The Labute approximate surface area is 121 Å². The number of aliphatic imine (C=N–C) groups is 1. The van der Waals surface area contributed by atoms with E-state index in [1.165, 1.54) is 5.56 Å². The minimum atomic E-state index is 0.223. The van der Waals surface area contributed by atoms with Crippen LogP contribution in [0.25, 0.3) is 0 Å². The fourth-order valence-corrected chi connectivity index (χ4v) is 3.74. The molecule has 1 aromatic carbocycles. The molecule has 2 atom stereocenters. The highest BCUT2D eigenvalue weighted by atomic mass is 32.2. The van der Waals surface area contributed by atoms with Crippen molar-refractivity contribution < 1.29 is 0 Å². The minimum Gasteiger partial charge on any atom is -0.356 e. The van der Waals surface area contributed by atoms with Crippen molar-refractivity contribution in [1.29, 1.82) is 0 Å². The van der Waals surface area contributed by atoms with Crippen LogP contribution in [0.3, 0.4) is 0 Å². The molecule has 0 aliphatic carbocycles. The van der Waals surface area contributed by atoms with E-state index in [1.54, 1.807) is 23.1 Å². The van der Waals surface area contributed by atoms with Gasteiger partial charge in [0.25, 0.3) is 0 Å². The van der Waals surface area contributed by atoms with Crippen LogP contribution in [0.2, 0.25) is 0 Å². The molecule has 0 saturated heterocycles. The van der Waals surface area contributed by atoms with Crippen LogP contribution in [0, 0.1) is 0 Å². The largest absolute Gasteiger partial charge is 0.356 e. The number of nitrogens with one attached hydrogen (secondary N) is 1. The number of aromatic nitrogens is 1. The van der Waals surface area contributed by atoms with Gasteiger partial charge in [0.2, 0.25) is 0 Å². The summed E-state index contributed by atoms with van der Waals surface area (Å²) in [5.74, 6) is 0. The number of nitrogens with zero attached hydrogens (tertiary/aromatic N) is 2. The number of thioether (sulfide) groups is 1. The van der Waals surface area contributed by atoms with Gasteiger partial charge in [0.05, 0.1) is 17.8 Å². The molecule has 3 nitrogen and oxygen atoms in total. The average molecular weight is 289 g/mol. The third-order valence-corrected chi connectivity index (χ3v) is 5.12. The molecule has 2 unspecified atom stereocenters. The van der Waals surface area contributed by atoms with Crippen LogP contribution in [-0.2, 0) is 0 Å². The lowest BCUT2D eigenvalue weighted by Crippen LogP contribution is -2.22. The van der Waals surface area contributed by atoms with Gasteiger partial charge in [0, 0.05) is 11.6 Å². The zero-order chi connectivity index (χ0) is 13.1. The average Bonchev–Trinajstić information content (AvgIpc) is 3.11. The van der Waals surface area contributed by atoms with Crippen molar-refractivity contribution in [2.45, 2.75) is 18.2 Å². The maximum atomic E-state index is 4.59. The summed E-state index contributed by atoms with van der Waals surface area (Å²) in [5, 5.41) is 8.01. The fraction of sp³-hybridized carbons (Fsp3) is 0.286. The van der Waals surface area contributed by atoms with Gasteiger partial charge in [-0.2, -0.15) is 0 Å². The molecule has 1 aliphatic heterocycles. The van der Waals surface area contributed by atoms with E-state index in [0.29, 0.717) is 5.25 Å². The molecule has 98 valence electrons. The van der Waals surface area contributed by atoms with Crippen molar-refractivity contribution >= 4 is 28.3 Å². The highest BCUT2D eigenvalue weighted by Gasteiger charge is 2.22. The molecule has 1 N–H and O–H groups in total. The van der Waals surface area contributed by atoms with E-state index in [2.05, 4.69) is 46.5 Å². The summed E-state index contributed by atoms with van der Waals surface area (Å²) >= 11 is 3.48. The van der Waals surface area contributed by atoms with Crippen molar-refractivity contribution in [2.75, 3.05) is 6.54 Å². The Morgan fingerprint density at radius 1 is 1.32 bits per heavy atom. The standard InChI is InChI=1S/C14H15N3S2/c1-10(13-15-7-8-18-13)17-14-16-9-12(19-14)11-5-3-2-4-6-11/h2-8,10,12H,9H2,1H3,(H,16,17). The lowest BCUT2D eigenvalue weighted by Gasteiger charge is -2.13. The second-order valence-electron chi connectivity index (χ2n) is 4.40. The summed E-state index contributed by atoms with van der Waals surface area (Å²) in [6, 6.07) is 10.8. The molecule has 1 aromatic heterocycles. The molecule has 0 fully saturated rings. The third kappa shape index (κ3) is 2.98. The van der Waals surface area contributed by atoms with Gasteiger partial charge < -0.3 is 5.32 Å². The zero-order valence-electron chi connectivity index (χ0n) is 10.6. The Morgan fingerprint density at radius 3 is 2.89 bits per heavy atom. The van der Waals surface area contributed by atoms with E-state index in [1.807, 2.05) is 17.6 Å². The van der Waals surface area contributed by atoms with E-state index in [-0.39, 0.29) is 6.04 Å². The molecule has 19 heavy (non-hydrogen) atoms. The maximum Gasteiger partial charge on any atom is 0.157 e. The number of hydrogen-bond donors (Lipinski definition) is 1. The monoisotopic (exact) mass is 289 g/mol. The van der Waals surface area contributed by atoms with Gasteiger partial charge >= 0.3 is 0 Å². The number of thiazole rings is 1. The molecule has 1 aliphatic rings. The third-order valence-electron chi connectivity index (χ3n) is 2.99. The van der Waals surface area contributed by atoms with Gasteiger partial charge in [-0.1, -0.05) is 42.1 Å². The van der Waals surface area contributed by atoms with Crippen LogP contribution < -0.4 is 5.32 Å². The maximum absolute atomic E-state index is 4.59. The van der Waals surface area contributed by atoms with Crippen molar-refractivity contribution in [3.63, 3.8) is 0 Å². The van der Waals surface area contributed by atoms with Crippen molar-refractivity contribution in [3.05, 3.63) is 52.5 Å². The molecule has 0 amide bonds. The number of benzene rings is 1. The zero-order valence-corrected chi connectivity index (χ0v) is 12.2. The van der Waals surface area contributed by atoms with Crippen molar-refractivity contribution in [2.24, 2.45) is 4.99 Å². The summed E-state index contributed by atoms with van der Waals surface area (Å²) in [7, 11) is 0. The highest BCUT2D eigenvalue weighted by molar-refractivity contribution is 8.14. The summed E-state index contributed by atoms with van der Waals surface area (Å²) in [6.45, 7) is 2.97. The summed E-state index contributed by atoms with van der Waals surface area (Å²) in [6.07, 6.45) is 1.84. The SMILES string of the molecule is CC(NC1=NCC(c2ccccc2)S1)c1nccs1. The first-order valence-electron chi connectivity index (χ1n) is 6.25. The smallest absolute Gasteiger partial charge is 0.157 e. The lowest BCUT2D eigenvalue weighted by molar-refractivity contribution is 0.716. The summed E-state index contributed by atoms with van der Waals surface area (Å²) in [4.78, 5) is 8.92. The van der Waals surface area contributed by atoms with E-state index in [4.69, 9.17) is 0 Å². The Balaban J connectivity index is 1.60. The predicted octanol–water partition coefficient (Wildman–Crippen LogP) is 3.64. The van der Waals surface area contributed by atoms with E-state index in [0.717, 1.165) is 16.7 Å². The van der Waals surface area contributed by atoms with E-state index >= 15 is 0 Å². The van der Waals surface area contributed by atoms with Gasteiger partial charge in [-0.25, -0.2) is 4.98 Å².